The van der Waals surface area contributed by atoms with Crippen LogP contribution < -0.4 is 31.4 Å². The van der Waals surface area contributed by atoms with Crippen molar-refractivity contribution in [3.05, 3.63) is 98.7 Å². The van der Waals surface area contributed by atoms with Crippen molar-refractivity contribution in [3.63, 3.8) is 0 Å². The van der Waals surface area contributed by atoms with Gasteiger partial charge < -0.3 is 24.8 Å². The zero-order chi connectivity index (χ0) is 28.9. The van der Waals surface area contributed by atoms with Crippen molar-refractivity contribution < 1.29 is 28.6 Å². The van der Waals surface area contributed by atoms with Gasteiger partial charge in [0.25, 0.3) is 5.56 Å². The highest BCUT2D eigenvalue weighted by molar-refractivity contribution is 6.01. The van der Waals surface area contributed by atoms with E-state index in [2.05, 4.69) is 10.6 Å². The van der Waals surface area contributed by atoms with Gasteiger partial charge in [0.05, 0.1) is 29.3 Å². The summed E-state index contributed by atoms with van der Waals surface area (Å²) in [5, 5.41) is 5.62. The number of benzene rings is 3. The Labute approximate surface area is 233 Å². The zero-order valence-electron chi connectivity index (χ0n) is 22.0. The summed E-state index contributed by atoms with van der Waals surface area (Å²) >= 11 is 0. The van der Waals surface area contributed by atoms with E-state index in [1.807, 2.05) is 0 Å². The summed E-state index contributed by atoms with van der Waals surface area (Å²) in [7, 11) is 1.23. The van der Waals surface area contributed by atoms with Crippen LogP contribution in [0, 0.1) is 0 Å². The molecular weight excluding hydrogens is 532 g/mol. The molecule has 5 rings (SSSR count). The minimum absolute atomic E-state index is 0.142. The molecule has 2 N–H and O–H groups in total. The third-order valence-corrected chi connectivity index (χ3v) is 6.53. The molecule has 0 radical (unpaired) electrons. The lowest BCUT2D eigenvalue weighted by Crippen LogP contribution is -2.42. The summed E-state index contributed by atoms with van der Waals surface area (Å²) in [5.74, 6) is -0.369. The van der Waals surface area contributed by atoms with E-state index in [1.165, 1.54) is 19.2 Å². The van der Waals surface area contributed by atoms with E-state index < -0.39 is 29.7 Å². The average molecular weight is 559 g/mol. The number of aromatic nitrogens is 2. The topological polar surface area (TPSA) is 147 Å². The van der Waals surface area contributed by atoms with Crippen LogP contribution in [0.1, 0.15) is 22.3 Å². The van der Waals surface area contributed by atoms with E-state index in [4.69, 9.17) is 14.2 Å². The van der Waals surface area contributed by atoms with Crippen molar-refractivity contribution in [3.8, 4) is 11.5 Å². The second-order valence-corrected chi connectivity index (χ2v) is 9.14. The van der Waals surface area contributed by atoms with E-state index in [9.17, 15) is 24.0 Å². The van der Waals surface area contributed by atoms with Gasteiger partial charge in [-0.3, -0.25) is 23.5 Å². The summed E-state index contributed by atoms with van der Waals surface area (Å²) in [6, 6.07) is 18.0. The van der Waals surface area contributed by atoms with Crippen molar-refractivity contribution in [2.75, 3.05) is 19.2 Å². The molecule has 1 aliphatic rings. The molecule has 0 atom stereocenters. The number of hydrogen-bond acceptors (Lipinski definition) is 8. The highest BCUT2D eigenvalue weighted by Gasteiger charge is 2.19. The van der Waals surface area contributed by atoms with Crippen LogP contribution in [0.3, 0.4) is 0 Å². The summed E-state index contributed by atoms with van der Waals surface area (Å²) < 4.78 is 17.5. The van der Waals surface area contributed by atoms with E-state index in [0.29, 0.717) is 11.5 Å². The third kappa shape index (κ3) is 5.81. The fourth-order valence-electron chi connectivity index (χ4n) is 4.49. The molecule has 4 aromatic rings. The third-order valence-electron chi connectivity index (χ3n) is 6.53. The Morgan fingerprint density at radius 3 is 2.49 bits per heavy atom. The predicted molar refractivity (Wildman–Crippen MR) is 148 cm³/mol. The fraction of sp³-hybridized carbons (Fsp3) is 0.207. The molecule has 0 aliphatic carbocycles. The van der Waals surface area contributed by atoms with Gasteiger partial charge in [0.15, 0.2) is 11.5 Å². The maximum Gasteiger partial charge on any atom is 0.339 e. The zero-order valence-corrected chi connectivity index (χ0v) is 22.0. The van der Waals surface area contributed by atoms with Crippen LogP contribution in [-0.2, 0) is 34.0 Å². The van der Waals surface area contributed by atoms with Gasteiger partial charge in [-0.2, -0.15) is 0 Å². The molecule has 0 saturated heterocycles. The van der Waals surface area contributed by atoms with Gasteiger partial charge in [0.2, 0.25) is 18.6 Å². The molecule has 0 saturated carbocycles. The molecule has 12 heteroatoms. The number of amides is 2. The largest absolute Gasteiger partial charge is 0.465 e. The molecule has 12 nitrogen and oxygen atoms in total. The van der Waals surface area contributed by atoms with Crippen LogP contribution in [0.2, 0.25) is 0 Å². The summed E-state index contributed by atoms with van der Waals surface area (Å²) in [6.07, 6.45) is -0.142. The highest BCUT2D eigenvalue weighted by Crippen LogP contribution is 2.32. The Morgan fingerprint density at radius 2 is 1.66 bits per heavy atom. The first kappa shape index (κ1) is 27.2. The smallest absolute Gasteiger partial charge is 0.339 e. The molecule has 0 unspecified atom stereocenters. The molecule has 41 heavy (non-hydrogen) atoms. The maximum atomic E-state index is 13.4. The number of hydrogen-bond donors (Lipinski definition) is 2. The number of para-hydroxylation sites is 2. The predicted octanol–water partition coefficient (Wildman–Crippen LogP) is 2.02. The van der Waals surface area contributed by atoms with E-state index in [-0.39, 0.29) is 54.4 Å². The molecule has 0 spiro atoms. The van der Waals surface area contributed by atoms with Gasteiger partial charge in [0.1, 0.15) is 6.54 Å². The number of carbonyl (C=O) groups is 3. The quantitative estimate of drug-likeness (QED) is 0.297. The number of carbonyl (C=O) groups excluding carboxylic acids is 3. The SMILES string of the molecule is COC(=O)c1ccccc1NC(=O)Cn1c(=O)n(CCC(=O)NCc2ccc3c(c2)OCO3)c(=O)c2ccccc21. The Kier molecular flexibility index (Phi) is 7.81. The minimum atomic E-state index is -0.742. The number of esters is 1. The first-order chi connectivity index (χ1) is 19.9. The second kappa shape index (κ2) is 11.8. The number of nitrogens with one attached hydrogen (secondary N) is 2. The van der Waals surface area contributed by atoms with E-state index in [0.717, 1.165) is 14.7 Å². The van der Waals surface area contributed by atoms with Gasteiger partial charge in [-0.1, -0.05) is 30.3 Å². The van der Waals surface area contributed by atoms with Crippen molar-refractivity contribution in [1.82, 2.24) is 14.5 Å². The van der Waals surface area contributed by atoms with Crippen LogP contribution in [0.15, 0.2) is 76.3 Å². The summed E-state index contributed by atoms with van der Waals surface area (Å²) in [5.41, 5.74) is 0.122. The monoisotopic (exact) mass is 558 g/mol. The fourth-order valence-corrected chi connectivity index (χ4v) is 4.49. The molecular formula is C29H26N4O8. The molecule has 2 amide bonds. The van der Waals surface area contributed by atoms with Crippen LogP contribution in [0.5, 0.6) is 11.5 Å². The van der Waals surface area contributed by atoms with Gasteiger partial charge in [-0.15, -0.1) is 0 Å². The van der Waals surface area contributed by atoms with Gasteiger partial charge in [0, 0.05) is 19.5 Å². The van der Waals surface area contributed by atoms with E-state index in [1.54, 1.807) is 54.6 Å². The van der Waals surface area contributed by atoms with Crippen LogP contribution in [-0.4, -0.2) is 40.8 Å². The molecule has 0 fully saturated rings. The van der Waals surface area contributed by atoms with Crippen LogP contribution in [0.4, 0.5) is 5.69 Å². The molecule has 0 bridgehead atoms. The standard InChI is InChI=1S/C29H26N4O8/c1-39-28(37)19-6-2-4-8-21(19)31-26(35)16-33-22-9-5-3-7-20(22)27(36)32(29(33)38)13-12-25(34)30-15-18-10-11-23-24(14-18)41-17-40-23/h2-11,14H,12-13,15-17H2,1H3,(H,30,34)(H,31,35). The summed E-state index contributed by atoms with van der Waals surface area (Å²) in [6.45, 7) is -0.265. The van der Waals surface area contributed by atoms with Gasteiger partial charge in [-0.25, -0.2) is 9.59 Å². The first-order valence-corrected chi connectivity index (χ1v) is 12.7. The Bertz CT molecular complexity index is 1780. The normalized spacial score (nSPS) is 11.7. The average Bonchev–Trinajstić information content (AvgIpc) is 3.46. The Hall–Kier alpha value is -5.39. The van der Waals surface area contributed by atoms with Gasteiger partial charge in [-0.05, 0) is 42.0 Å². The van der Waals surface area contributed by atoms with Crippen molar-refractivity contribution >= 4 is 34.4 Å². The maximum absolute atomic E-state index is 13.4. The first-order valence-electron chi connectivity index (χ1n) is 12.7. The highest BCUT2D eigenvalue weighted by atomic mass is 16.7. The lowest BCUT2D eigenvalue weighted by molar-refractivity contribution is -0.121. The molecule has 210 valence electrons. The number of rotatable bonds is 9. The van der Waals surface area contributed by atoms with Crippen LogP contribution >= 0.6 is 0 Å². The Balaban J connectivity index is 1.33. The summed E-state index contributed by atoms with van der Waals surface area (Å²) in [4.78, 5) is 64.3. The minimum Gasteiger partial charge on any atom is -0.465 e. The number of nitrogens with zero attached hydrogens (tertiary/aromatic N) is 2. The molecule has 1 aromatic heterocycles. The second-order valence-electron chi connectivity index (χ2n) is 9.14. The molecule has 3 aromatic carbocycles. The van der Waals surface area contributed by atoms with Crippen molar-refractivity contribution in [1.29, 1.82) is 0 Å². The lowest BCUT2D eigenvalue weighted by Gasteiger charge is -2.15. The van der Waals surface area contributed by atoms with Crippen molar-refractivity contribution in [2.45, 2.75) is 26.1 Å². The van der Waals surface area contributed by atoms with Crippen LogP contribution in [0.25, 0.3) is 10.9 Å². The number of fused-ring (bicyclic) bond motifs is 2. The number of ether oxygens (including phenoxy) is 3. The molecule has 2 heterocycles. The van der Waals surface area contributed by atoms with Crippen molar-refractivity contribution in [2.24, 2.45) is 0 Å². The number of methoxy groups -OCH3 is 1. The van der Waals surface area contributed by atoms with E-state index >= 15 is 0 Å². The number of anilines is 1. The Morgan fingerprint density at radius 1 is 0.902 bits per heavy atom. The lowest BCUT2D eigenvalue weighted by atomic mass is 10.2. The van der Waals surface area contributed by atoms with Gasteiger partial charge >= 0.3 is 11.7 Å². The molecule has 1 aliphatic heterocycles.